The van der Waals surface area contributed by atoms with Gasteiger partial charge >= 0.3 is 0 Å². The van der Waals surface area contributed by atoms with Crippen LogP contribution in [0.2, 0.25) is 0 Å². The average molecular weight is 385 g/mol. The van der Waals surface area contributed by atoms with Crippen LogP contribution < -0.4 is 10.1 Å². The lowest BCUT2D eigenvalue weighted by Crippen LogP contribution is -2.40. The van der Waals surface area contributed by atoms with Crippen molar-refractivity contribution in [1.82, 2.24) is 9.55 Å². The number of hydrogen-bond donors (Lipinski definition) is 3. The van der Waals surface area contributed by atoms with Crippen LogP contribution in [0.3, 0.4) is 0 Å². The molecule has 2 heterocycles. The Morgan fingerprint density at radius 2 is 2.18 bits per heavy atom. The molecular weight excluding hydrogens is 366 g/mol. The number of aliphatic hydroxyl groups excluding tert-OH is 2. The van der Waals surface area contributed by atoms with E-state index in [1.54, 1.807) is 28.8 Å². The average Bonchev–Trinajstić information content (AvgIpc) is 3.11. The Balaban J connectivity index is 1.68. The van der Waals surface area contributed by atoms with E-state index in [2.05, 4.69) is 10.3 Å². The second-order valence-electron chi connectivity index (χ2n) is 6.51. The summed E-state index contributed by atoms with van der Waals surface area (Å²) in [7, 11) is 1.51. The molecule has 0 radical (unpaired) electrons. The summed E-state index contributed by atoms with van der Waals surface area (Å²) in [5.74, 6) is 0.177. The summed E-state index contributed by atoms with van der Waals surface area (Å²) in [6.07, 6.45) is -0.575. The van der Waals surface area contributed by atoms with E-state index in [0.29, 0.717) is 17.3 Å². The van der Waals surface area contributed by atoms with Gasteiger partial charge in [-0.05, 0) is 12.1 Å². The fourth-order valence-electron chi connectivity index (χ4n) is 3.35. The minimum absolute atomic E-state index is 0.0323. The van der Waals surface area contributed by atoms with Gasteiger partial charge in [0.15, 0.2) is 0 Å². The number of hydrogen-bond acceptors (Lipinski definition) is 8. The number of aromatic nitrogens is 2. The summed E-state index contributed by atoms with van der Waals surface area (Å²) in [5.41, 5.74) is 0.873. The molecule has 9 heteroatoms. The molecule has 2 aromatic rings. The number of nitrogens with zero attached hydrogens (tertiary/aromatic N) is 2. The summed E-state index contributed by atoms with van der Waals surface area (Å²) in [5, 5.41) is 22.0. The Bertz CT molecular complexity index is 980. The molecule has 2 aliphatic rings. The minimum atomic E-state index is -1.10. The zero-order chi connectivity index (χ0) is 19.8. The largest absolute Gasteiger partial charge is 0.495 e. The van der Waals surface area contributed by atoms with Crippen LogP contribution in [0.25, 0.3) is 0 Å². The summed E-state index contributed by atoms with van der Waals surface area (Å²) < 4.78 is 12.4. The first-order valence-corrected chi connectivity index (χ1v) is 8.74. The van der Waals surface area contributed by atoms with Gasteiger partial charge < -0.3 is 29.6 Å². The molecule has 2 atom stereocenters. The molecular formula is C19H19N3O6. The monoisotopic (exact) mass is 385 g/mol. The fourth-order valence-corrected chi connectivity index (χ4v) is 3.35. The van der Waals surface area contributed by atoms with Crippen molar-refractivity contribution < 1.29 is 29.3 Å². The van der Waals surface area contributed by atoms with Crippen LogP contribution in [0.4, 0.5) is 5.69 Å². The number of ketones is 2. The van der Waals surface area contributed by atoms with Crippen molar-refractivity contribution in [3.05, 3.63) is 53.3 Å². The first-order valence-electron chi connectivity index (χ1n) is 8.74. The molecule has 0 saturated carbocycles. The van der Waals surface area contributed by atoms with Gasteiger partial charge in [0.1, 0.15) is 41.8 Å². The smallest absolute Gasteiger partial charge is 0.228 e. The van der Waals surface area contributed by atoms with Crippen molar-refractivity contribution in [2.75, 3.05) is 19.0 Å². The standard InChI is InChI=1S/C19H19N3O6/c1-27-14-5-3-2-4-10(14)20-11-6-12(24)17-18(19(11)26)22-7-15(13(25)8-23)28-9-16(22)21-17/h2-6,13,15,20,23,25H,7-9H2,1H3/t13-,15+/m1/s1. The van der Waals surface area contributed by atoms with Crippen LogP contribution in [-0.4, -0.2) is 57.3 Å². The van der Waals surface area contributed by atoms with E-state index in [1.165, 1.54) is 13.2 Å². The van der Waals surface area contributed by atoms with Crippen molar-refractivity contribution in [3.63, 3.8) is 0 Å². The van der Waals surface area contributed by atoms with Crippen LogP contribution >= 0.6 is 0 Å². The van der Waals surface area contributed by atoms with Gasteiger partial charge in [-0.2, -0.15) is 0 Å². The number of Topliss-reactive ketones (excluding diaryl/α,β-unsaturated/α-hetero) is 1. The summed E-state index contributed by atoms with van der Waals surface area (Å²) >= 11 is 0. The van der Waals surface area contributed by atoms with Crippen molar-refractivity contribution >= 4 is 17.3 Å². The maximum absolute atomic E-state index is 13.1. The zero-order valence-electron chi connectivity index (χ0n) is 15.1. The van der Waals surface area contributed by atoms with E-state index >= 15 is 0 Å². The number of aliphatic hydroxyl groups is 2. The van der Waals surface area contributed by atoms with Gasteiger partial charge in [-0.1, -0.05) is 12.1 Å². The SMILES string of the molecule is COc1ccccc1NC1=CC(=O)c2nc3n(c2C1=O)C[C@@H]([C@H](O)CO)OC3. The number of para-hydroxylation sites is 2. The number of rotatable bonds is 5. The number of anilines is 1. The lowest BCUT2D eigenvalue weighted by molar-refractivity contribution is -0.0873. The quantitative estimate of drug-likeness (QED) is 0.681. The van der Waals surface area contributed by atoms with Crippen LogP contribution in [0.5, 0.6) is 5.75 Å². The maximum atomic E-state index is 13.1. The van der Waals surface area contributed by atoms with E-state index in [4.69, 9.17) is 14.6 Å². The normalized spacial score (nSPS) is 19.5. The predicted molar refractivity (Wildman–Crippen MR) is 97.3 cm³/mol. The Labute approximate surface area is 160 Å². The Morgan fingerprint density at radius 3 is 2.93 bits per heavy atom. The van der Waals surface area contributed by atoms with Crippen LogP contribution in [0, 0.1) is 0 Å². The molecule has 146 valence electrons. The summed E-state index contributed by atoms with van der Waals surface area (Å²) in [6, 6.07) is 7.05. The maximum Gasteiger partial charge on any atom is 0.228 e. The predicted octanol–water partition coefficient (Wildman–Crippen LogP) is 0.519. The van der Waals surface area contributed by atoms with Crippen molar-refractivity contribution in [2.45, 2.75) is 25.4 Å². The molecule has 0 amide bonds. The molecule has 1 aromatic heterocycles. The third-order valence-electron chi connectivity index (χ3n) is 4.80. The molecule has 1 aromatic carbocycles. The zero-order valence-corrected chi connectivity index (χ0v) is 15.1. The van der Waals surface area contributed by atoms with E-state index in [9.17, 15) is 14.7 Å². The first-order chi connectivity index (χ1) is 13.5. The number of methoxy groups -OCH3 is 1. The van der Waals surface area contributed by atoms with Crippen LogP contribution in [0.1, 0.15) is 26.8 Å². The molecule has 1 aliphatic heterocycles. The Kier molecular flexibility index (Phi) is 4.71. The highest BCUT2D eigenvalue weighted by molar-refractivity contribution is 6.24. The molecule has 3 N–H and O–H groups in total. The lowest BCUT2D eigenvalue weighted by Gasteiger charge is -2.28. The Hall–Kier alpha value is -3.01. The summed E-state index contributed by atoms with van der Waals surface area (Å²) in [6.45, 7) is -0.324. The minimum Gasteiger partial charge on any atom is -0.495 e. The highest BCUT2D eigenvalue weighted by Gasteiger charge is 2.37. The number of benzene rings is 1. The van der Waals surface area contributed by atoms with Gasteiger partial charge in [0.2, 0.25) is 11.6 Å². The van der Waals surface area contributed by atoms with E-state index in [0.717, 1.165) is 0 Å². The lowest BCUT2D eigenvalue weighted by atomic mass is 10.0. The van der Waals surface area contributed by atoms with Gasteiger partial charge in [-0.3, -0.25) is 9.59 Å². The molecule has 4 rings (SSSR count). The summed E-state index contributed by atoms with van der Waals surface area (Å²) in [4.78, 5) is 29.9. The molecule has 0 spiro atoms. The van der Waals surface area contributed by atoms with Crippen LogP contribution in [0.15, 0.2) is 36.0 Å². The topological polar surface area (TPSA) is 123 Å². The molecule has 0 saturated heterocycles. The number of carbonyl (C=O) groups excluding carboxylic acids is 2. The number of carbonyl (C=O) groups is 2. The highest BCUT2D eigenvalue weighted by atomic mass is 16.5. The molecule has 0 fully saturated rings. The van der Waals surface area contributed by atoms with Crippen molar-refractivity contribution in [3.8, 4) is 5.75 Å². The third kappa shape index (κ3) is 2.99. The van der Waals surface area contributed by atoms with Gasteiger partial charge in [0, 0.05) is 6.08 Å². The van der Waals surface area contributed by atoms with Gasteiger partial charge in [0.25, 0.3) is 0 Å². The molecule has 28 heavy (non-hydrogen) atoms. The molecule has 0 bridgehead atoms. The van der Waals surface area contributed by atoms with Crippen molar-refractivity contribution in [1.29, 1.82) is 0 Å². The number of ether oxygens (including phenoxy) is 2. The van der Waals surface area contributed by atoms with E-state index in [1.807, 2.05) is 0 Å². The highest BCUT2D eigenvalue weighted by Crippen LogP contribution is 2.30. The van der Waals surface area contributed by atoms with Crippen LogP contribution in [-0.2, 0) is 17.9 Å². The van der Waals surface area contributed by atoms with Gasteiger partial charge in [0.05, 0.1) is 31.6 Å². The number of imidazole rings is 1. The molecule has 1 aliphatic carbocycles. The third-order valence-corrected chi connectivity index (χ3v) is 4.80. The number of fused-ring (bicyclic) bond motifs is 3. The van der Waals surface area contributed by atoms with Crippen molar-refractivity contribution in [2.24, 2.45) is 0 Å². The van der Waals surface area contributed by atoms with E-state index < -0.39 is 30.4 Å². The number of nitrogens with one attached hydrogen (secondary N) is 1. The Morgan fingerprint density at radius 1 is 1.39 bits per heavy atom. The van der Waals surface area contributed by atoms with Gasteiger partial charge in [-0.25, -0.2) is 4.98 Å². The number of allylic oxidation sites excluding steroid dienone is 2. The van der Waals surface area contributed by atoms with Gasteiger partial charge in [-0.15, -0.1) is 0 Å². The van der Waals surface area contributed by atoms with E-state index in [-0.39, 0.29) is 30.2 Å². The molecule has 0 unspecified atom stereocenters. The fraction of sp³-hybridized carbons (Fsp3) is 0.316. The second kappa shape index (κ2) is 7.19. The first kappa shape index (κ1) is 18.4. The second-order valence-corrected chi connectivity index (χ2v) is 6.51. The molecule has 9 nitrogen and oxygen atoms in total.